The molecule has 0 saturated heterocycles. The van der Waals surface area contributed by atoms with Crippen LogP contribution in [0.4, 0.5) is 0 Å². The molecule has 0 aliphatic carbocycles. The molecular weight excluding hydrogens is 482 g/mol. The van der Waals surface area contributed by atoms with Crippen LogP contribution in [0, 0.1) is 0 Å². The third-order valence-electron chi connectivity index (χ3n) is 5.03. The summed E-state index contributed by atoms with van der Waals surface area (Å²) in [4.78, 5) is 21.0. The van der Waals surface area contributed by atoms with E-state index in [2.05, 4.69) is 63.9 Å². The Balaban J connectivity index is 1.75. The summed E-state index contributed by atoms with van der Waals surface area (Å²) in [6.07, 6.45) is 5.58. The van der Waals surface area contributed by atoms with Gasteiger partial charge in [0.15, 0.2) is 0 Å². The number of H-pyrrole nitrogens is 2. The first-order valence-corrected chi connectivity index (χ1v) is 10.3. The Morgan fingerprint density at radius 2 is 1.54 bits per heavy atom. The number of pyridine rings is 2. The van der Waals surface area contributed by atoms with Gasteiger partial charge >= 0.3 is 0 Å². The molecule has 5 nitrogen and oxygen atoms in total. The molecular formula is C21H11Br2N5. The quantitative estimate of drug-likeness (QED) is 0.263. The Kier molecular flexibility index (Phi) is 3.39. The smallest absolute Gasteiger partial charge is 0.140 e. The number of halogens is 2. The lowest BCUT2D eigenvalue weighted by molar-refractivity contribution is 1.34. The Labute approximate surface area is 175 Å². The van der Waals surface area contributed by atoms with E-state index in [1.165, 1.54) is 0 Å². The number of aromatic nitrogens is 5. The van der Waals surface area contributed by atoms with Gasteiger partial charge in [-0.15, -0.1) is 0 Å². The molecule has 0 spiro atoms. The molecule has 4 aromatic heterocycles. The highest BCUT2D eigenvalue weighted by molar-refractivity contribution is 9.11. The molecule has 0 saturated carbocycles. The maximum Gasteiger partial charge on any atom is 0.140 e. The SMILES string of the molecule is Brc1cc(Br)c2[nH]cc(-c3nc4c5cccnc5c5ncccc5c4[nH]3)c2c1. The number of rotatable bonds is 1. The van der Waals surface area contributed by atoms with Gasteiger partial charge in [-0.2, -0.15) is 0 Å². The number of nitrogens with one attached hydrogen (secondary N) is 2. The molecule has 6 aromatic rings. The van der Waals surface area contributed by atoms with E-state index >= 15 is 0 Å². The van der Waals surface area contributed by atoms with Crippen molar-refractivity contribution in [2.24, 2.45) is 0 Å². The highest BCUT2D eigenvalue weighted by Crippen LogP contribution is 2.37. The Morgan fingerprint density at radius 1 is 0.786 bits per heavy atom. The van der Waals surface area contributed by atoms with Crippen LogP contribution in [0.5, 0.6) is 0 Å². The monoisotopic (exact) mass is 491 g/mol. The number of hydrogen-bond acceptors (Lipinski definition) is 3. The molecule has 0 unspecified atom stereocenters. The van der Waals surface area contributed by atoms with Gasteiger partial charge in [0.05, 0.1) is 27.6 Å². The molecule has 2 aromatic carbocycles. The van der Waals surface area contributed by atoms with Crippen molar-refractivity contribution < 1.29 is 0 Å². The highest BCUT2D eigenvalue weighted by Gasteiger charge is 2.17. The fourth-order valence-corrected chi connectivity index (χ4v) is 5.16. The summed E-state index contributed by atoms with van der Waals surface area (Å²) in [6.45, 7) is 0. The van der Waals surface area contributed by atoms with E-state index in [1.54, 1.807) is 12.4 Å². The first kappa shape index (κ1) is 16.2. The molecule has 0 atom stereocenters. The topological polar surface area (TPSA) is 70.2 Å². The minimum absolute atomic E-state index is 0.813. The average Bonchev–Trinajstić information content (AvgIpc) is 3.33. The number of aromatic amines is 2. The zero-order valence-electron chi connectivity index (χ0n) is 14.3. The second-order valence-corrected chi connectivity index (χ2v) is 8.39. The summed E-state index contributed by atoms with van der Waals surface area (Å²) in [5.41, 5.74) is 5.68. The molecule has 0 aliphatic rings. The third kappa shape index (κ3) is 2.20. The van der Waals surface area contributed by atoms with Gasteiger partial charge in [-0.25, -0.2) is 4.98 Å². The van der Waals surface area contributed by atoms with E-state index in [4.69, 9.17) is 4.98 Å². The van der Waals surface area contributed by atoms with Crippen molar-refractivity contribution in [2.75, 3.05) is 0 Å². The van der Waals surface area contributed by atoms with Crippen molar-refractivity contribution in [2.45, 2.75) is 0 Å². The zero-order chi connectivity index (χ0) is 18.8. The lowest BCUT2D eigenvalue weighted by Crippen LogP contribution is -1.86. The summed E-state index contributed by atoms with van der Waals surface area (Å²) in [5.74, 6) is 0.813. The summed E-state index contributed by atoms with van der Waals surface area (Å²) < 4.78 is 2.01. The summed E-state index contributed by atoms with van der Waals surface area (Å²) in [6, 6.07) is 12.1. The van der Waals surface area contributed by atoms with Gasteiger partial charge in [-0.1, -0.05) is 15.9 Å². The maximum atomic E-state index is 4.97. The van der Waals surface area contributed by atoms with Gasteiger partial charge < -0.3 is 9.97 Å². The fourth-order valence-electron chi connectivity index (χ4n) is 3.82. The van der Waals surface area contributed by atoms with E-state index < -0.39 is 0 Å². The van der Waals surface area contributed by atoms with Crippen molar-refractivity contribution in [3.05, 3.63) is 63.9 Å². The van der Waals surface area contributed by atoms with Gasteiger partial charge in [0.1, 0.15) is 5.82 Å². The third-order valence-corrected chi connectivity index (χ3v) is 6.11. The fraction of sp³-hybridized carbons (Fsp3) is 0. The second kappa shape index (κ2) is 5.86. The average molecular weight is 493 g/mol. The van der Waals surface area contributed by atoms with Crippen LogP contribution in [0.3, 0.4) is 0 Å². The van der Waals surface area contributed by atoms with Crippen LogP contribution in [0.1, 0.15) is 0 Å². The van der Waals surface area contributed by atoms with E-state index in [0.717, 1.165) is 64.1 Å². The van der Waals surface area contributed by atoms with Crippen molar-refractivity contribution in [1.82, 2.24) is 24.9 Å². The molecule has 0 fully saturated rings. The minimum Gasteiger partial charge on any atom is -0.360 e. The van der Waals surface area contributed by atoms with Crippen molar-refractivity contribution >= 4 is 75.6 Å². The van der Waals surface area contributed by atoms with Crippen LogP contribution in [0.25, 0.3) is 55.1 Å². The van der Waals surface area contributed by atoms with Gasteiger partial charge in [0.25, 0.3) is 0 Å². The molecule has 2 N–H and O–H groups in total. The largest absolute Gasteiger partial charge is 0.360 e. The molecule has 0 aliphatic heterocycles. The highest BCUT2D eigenvalue weighted by atomic mass is 79.9. The van der Waals surface area contributed by atoms with E-state index in [1.807, 2.05) is 30.5 Å². The Hall–Kier alpha value is -2.77. The first-order valence-electron chi connectivity index (χ1n) is 8.68. The predicted molar refractivity (Wildman–Crippen MR) is 119 cm³/mol. The lowest BCUT2D eigenvalue weighted by atomic mass is 10.1. The predicted octanol–water partition coefficient (Wildman–Crippen LogP) is 6.33. The number of imidazole rings is 1. The number of fused-ring (bicyclic) bond motifs is 7. The molecule has 134 valence electrons. The Bertz CT molecular complexity index is 1470. The normalized spacial score (nSPS) is 11.9. The molecule has 0 amide bonds. The number of hydrogen-bond donors (Lipinski definition) is 2. The van der Waals surface area contributed by atoms with E-state index in [-0.39, 0.29) is 0 Å². The summed E-state index contributed by atoms with van der Waals surface area (Å²) in [5, 5.41) is 3.10. The van der Waals surface area contributed by atoms with Gasteiger partial charge in [-0.05, 0) is 52.3 Å². The molecule has 7 heteroatoms. The van der Waals surface area contributed by atoms with Crippen LogP contribution in [-0.4, -0.2) is 24.9 Å². The van der Waals surface area contributed by atoms with Crippen LogP contribution in [0.2, 0.25) is 0 Å². The van der Waals surface area contributed by atoms with E-state index in [9.17, 15) is 0 Å². The van der Waals surface area contributed by atoms with E-state index in [0.29, 0.717) is 0 Å². The van der Waals surface area contributed by atoms with Gasteiger partial charge in [-0.3, -0.25) is 9.97 Å². The molecule has 4 heterocycles. The standard InChI is InChI=1S/C21H11Br2N5/c22-10-7-13-14(9-26-16(13)15(23)8-10)21-27-19-11-3-1-5-24-17(11)18-12(20(19)28-21)4-2-6-25-18/h1-9,26H,(H,27,28). The summed E-state index contributed by atoms with van der Waals surface area (Å²) in [7, 11) is 0. The maximum absolute atomic E-state index is 4.97. The minimum atomic E-state index is 0.813. The van der Waals surface area contributed by atoms with Gasteiger partial charge in [0, 0.05) is 49.3 Å². The van der Waals surface area contributed by atoms with Crippen LogP contribution in [-0.2, 0) is 0 Å². The van der Waals surface area contributed by atoms with Crippen LogP contribution in [0.15, 0.2) is 63.9 Å². The zero-order valence-corrected chi connectivity index (χ0v) is 17.5. The number of benzene rings is 2. The lowest BCUT2D eigenvalue weighted by Gasteiger charge is -2.03. The Morgan fingerprint density at radius 3 is 2.36 bits per heavy atom. The van der Waals surface area contributed by atoms with Crippen molar-refractivity contribution in [3.8, 4) is 11.4 Å². The van der Waals surface area contributed by atoms with Crippen LogP contribution < -0.4 is 0 Å². The summed E-state index contributed by atoms with van der Waals surface area (Å²) >= 11 is 7.21. The molecule has 0 radical (unpaired) electrons. The molecule has 0 bridgehead atoms. The van der Waals surface area contributed by atoms with Crippen LogP contribution >= 0.6 is 31.9 Å². The molecule has 6 rings (SSSR count). The number of nitrogens with zero attached hydrogens (tertiary/aromatic N) is 3. The molecule has 28 heavy (non-hydrogen) atoms. The second-order valence-electron chi connectivity index (χ2n) is 6.62. The van der Waals surface area contributed by atoms with Crippen molar-refractivity contribution in [3.63, 3.8) is 0 Å². The first-order chi connectivity index (χ1) is 13.7. The van der Waals surface area contributed by atoms with Crippen molar-refractivity contribution in [1.29, 1.82) is 0 Å². The van der Waals surface area contributed by atoms with Gasteiger partial charge in [0.2, 0.25) is 0 Å².